The maximum Gasteiger partial charge on any atom is 0.241 e. The summed E-state index contributed by atoms with van der Waals surface area (Å²) >= 11 is 12.1. The van der Waals surface area contributed by atoms with E-state index < -0.39 is 0 Å². The Bertz CT molecular complexity index is 1080. The zero-order valence-electron chi connectivity index (χ0n) is 16.9. The first-order valence-corrected chi connectivity index (χ1v) is 10.7. The van der Waals surface area contributed by atoms with E-state index in [1.54, 1.807) is 24.5 Å². The van der Waals surface area contributed by atoms with Crippen molar-refractivity contribution in [3.05, 3.63) is 69.5 Å². The number of halogens is 2. The predicted octanol–water partition coefficient (Wildman–Crippen LogP) is 5.87. The van der Waals surface area contributed by atoms with Crippen LogP contribution in [-0.4, -0.2) is 28.4 Å². The molecule has 4 rings (SSSR count). The molecule has 1 fully saturated rings. The maximum absolute atomic E-state index is 12.9. The average molecular weight is 444 g/mol. The van der Waals surface area contributed by atoms with E-state index in [4.69, 9.17) is 27.6 Å². The normalized spacial score (nSPS) is 16.7. The Morgan fingerprint density at radius 1 is 1.23 bits per heavy atom. The molecule has 156 valence electrons. The third-order valence-electron chi connectivity index (χ3n) is 5.38. The first kappa shape index (κ1) is 20.9. The molecule has 2 heterocycles. The fraction of sp³-hybridized carbons (Fsp3) is 0.304. The van der Waals surface area contributed by atoms with Crippen LogP contribution in [0.3, 0.4) is 0 Å². The summed E-state index contributed by atoms with van der Waals surface area (Å²) in [6, 6.07) is 11.0. The molecule has 1 aliphatic heterocycles. The first-order chi connectivity index (χ1) is 14.4. The van der Waals surface area contributed by atoms with Gasteiger partial charge in [-0.3, -0.25) is 9.69 Å². The number of hydrogen-bond acceptors (Lipinski definition) is 4. The van der Waals surface area contributed by atoms with E-state index >= 15 is 0 Å². The van der Waals surface area contributed by atoms with Gasteiger partial charge in [-0.1, -0.05) is 40.9 Å². The SMILES string of the molecule is Cc1ccc(-c2nc(CN3CCC[C@@H]3C(=O)Nc3ccc(Cl)cc3Cl)co2)c(C)c1. The molecule has 1 amide bonds. The highest BCUT2D eigenvalue weighted by Crippen LogP contribution is 2.28. The lowest BCUT2D eigenvalue weighted by molar-refractivity contribution is -0.120. The van der Waals surface area contributed by atoms with Gasteiger partial charge < -0.3 is 9.73 Å². The number of aryl methyl sites for hydroxylation is 2. The largest absolute Gasteiger partial charge is 0.444 e. The van der Waals surface area contributed by atoms with Crippen LogP contribution in [0.1, 0.15) is 29.7 Å². The van der Waals surface area contributed by atoms with E-state index in [1.165, 1.54) is 5.56 Å². The van der Waals surface area contributed by atoms with Gasteiger partial charge in [0.25, 0.3) is 0 Å². The molecule has 0 aliphatic carbocycles. The standard InChI is InChI=1S/C23H23Cl2N3O2/c1-14-5-7-18(15(2)10-14)23-26-17(13-30-23)12-28-9-3-4-21(28)22(29)27-20-8-6-16(24)11-19(20)25/h5-8,10-11,13,21H,3-4,9,12H2,1-2H3,(H,27,29)/t21-/m1/s1. The Balaban J connectivity index is 1.45. The molecule has 2 aromatic carbocycles. The number of hydrogen-bond donors (Lipinski definition) is 1. The fourth-order valence-corrected chi connectivity index (χ4v) is 4.34. The van der Waals surface area contributed by atoms with Crippen LogP contribution in [0, 0.1) is 13.8 Å². The number of nitrogens with one attached hydrogen (secondary N) is 1. The zero-order valence-corrected chi connectivity index (χ0v) is 18.4. The topological polar surface area (TPSA) is 58.4 Å². The minimum Gasteiger partial charge on any atom is -0.444 e. The van der Waals surface area contributed by atoms with Gasteiger partial charge in [-0.25, -0.2) is 4.98 Å². The number of aromatic nitrogens is 1. The van der Waals surface area contributed by atoms with Crippen molar-refractivity contribution in [3.8, 4) is 11.5 Å². The Kier molecular flexibility index (Phi) is 6.14. The number of anilines is 1. The monoisotopic (exact) mass is 443 g/mol. The lowest BCUT2D eigenvalue weighted by atomic mass is 10.1. The van der Waals surface area contributed by atoms with Crippen LogP contribution in [0.2, 0.25) is 10.0 Å². The van der Waals surface area contributed by atoms with Gasteiger partial charge in [-0.05, 0) is 63.1 Å². The van der Waals surface area contributed by atoms with Crippen molar-refractivity contribution in [3.63, 3.8) is 0 Å². The van der Waals surface area contributed by atoms with E-state index in [1.807, 2.05) is 6.07 Å². The molecular weight excluding hydrogens is 421 g/mol. The molecule has 0 unspecified atom stereocenters. The summed E-state index contributed by atoms with van der Waals surface area (Å²) in [6.07, 6.45) is 3.42. The van der Waals surface area contributed by atoms with E-state index in [0.29, 0.717) is 28.2 Å². The number of carbonyl (C=O) groups is 1. The second kappa shape index (κ2) is 8.80. The molecule has 1 saturated heterocycles. The summed E-state index contributed by atoms with van der Waals surface area (Å²) in [5.74, 6) is 0.533. The number of benzene rings is 2. The van der Waals surface area contributed by atoms with Crippen molar-refractivity contribution in [2.24, 2.45) is 0 Å². The van der Waals surface area contributed by atoms with Gasteiger partial charge in [0.15, 0.2) is 0 Å². The molecule has 1 N–H and O–H groups in total. The third kappa shape index (κ3) is 4.53. The maximum atomic E-state index is 12.9. The van der Waals surface area contributed by atoms with Crippen molar-refractivity contribution in [1.29, 1.82) is 0 Å². The highest BCUT2D eigenvalue weighted by molar-refractivity contribution is 6.36. The van der Waals surface area contributed by atoms with Crippen LogP contribution in [0.5, 0.6) is 0 Å². The quantitative estimate of drug-likeness (QED) is 0.535. The number of likely N-dealkylation sites (tertiary alicyclic amines) is 1. The molecule has 1 atom stereocenters. The Morgan fingerprint density at radius 2 is 2.07 bits per heavy atom. The Morgan fingerprint density at radius 3 is 2.83 bits per heavy atom. The van der Waals surface area contributed by atoms with Crippen molar-refractivity contribution in [1.82, 2.24) is 9.88 Å². The summed E-state index contributed by atoms with van der Waals surface area (Å²) in [6.45, 7) is 5.50. The number of carbonyl (C=O) groups excluding carboxylic acids is 1. The molecule has 1 aliphatic rings. The Labute approximate surface area is 186 Å². The lowest BCUT2D eigenvalue weighted by Crippen LogP contribution is -2.39. The van der Waals surface area contributed by atoms with Gasteiger partial charge in [0, 0.05) is 17.1 Å². The van der Waals surface area contributed by atoms with E-state index in [9.17, 15) is 4.79 Å². The number of rotatable bonds is 5. The molecule has 3 aromatic rings. The molecule has 7 heteroatoms. The second-order valence-electron chi connectivity index (χ2n) is 7.70. The van der Waals surface area contributed by atoms with Gasteiger partial charge in [0.05, 0.1) is 22.4 Å². The summed E-state index contributed by atoms with van der Waals surface area (Å²) in [5, 5.41) is 3.88. The first-order valence-electron chi connectivity index (χ1n) is 9.93. The van der Waals surface area contributed by atoms with Crippen molar-refractivity contribution in [2.45, 2.75) is 39.3 Å². The van der Waals surface area contributed by atoms with E-state index in [2.05, 4.69) is 41.2 Å². The van der Waals surface area contributed by atoms with Gasteiger partial charge in [0.1, 0.15) is 6.26 Å². The molecule has 0 bridgehead atoms. The minimum absolute atomic E-state index is 0.0742. The van der Waals surface area contributed by atoms with Gasteiger partial charge >= 0.3 is 0 Å². The van der Waals surface area contributed by atoms with Crippen LogP contribution < -0.4 is 5.32 Å². The number of oxazole rings is 1. The molecule has 30 heavy (non-hydrogen) atoms. The van der Waals surface area contributed by atoms with E-state index in [0.717, 1.165) is 36.2 Å². The predicted molar refractivity (Wildman–Crippen MR) is 120 cm³/mol. The van der Waals surface area contributed by atoms with E-state index in [-0.39, 0.29) is 11.9 Å². The Hall–Kier alpha value is -2.34. The van der Waals surface area contributed by atoms with Crippen LogP contribution >= 0.6 is 23.2 Å². The van der Waals surface area contributed by atoms with Gasteiger partial charge in [-0.2, -0.15) is 0 Å². The minimum atomic E-state index is -0.238. The molecule has 0 spiro atoms. The molecule has 0 radical (unpaired) electrons. The average Bonchev–Trinajstić information content (AvgIpc) is 3.34. The highest BCUT2D eigenvalue weighted by Gasteiger charge is 2.31. The van der Waals surface area contributed by atoms with Crippen molar-refractivity contribution >= 4 is 34.8 Å². The second-order valence-corrected chi connectivity index (χ2v) is 8.55. The van der Waals surface area contributed by atoms with Crippen LogP contribution in [-0.2, 0) is 11.3 Å². The van der Waals surface area contributed by atoms with Crippen LogP contribution in [0.25, 0.3) is 11.5 Å². The van der Waals surface area contributed by atoms with Gasteiger partial charge in [-0.15, -0.1) is 0 Å². The zero-order chi connectivity index (χ0) is 21.3. The van der Waals surface area contributed by atoms with Crippen molar-refractivity contribution in [2.75, 3.05) is 11.9 Å². The summed E-state index contributed by atoms with van der Waals surface area (Å²) in [7, 11) is 0. The van der Waals surface area contributed by atoms with Gasteiger partial charge in [0.2, 0.25) is 11.8 Å². The summed E-state index contributed by atoms with van der Waals surface area (Å²) in [4.78, 5) is 19.7. The lowest BCUT2D eigenvalue weighted by Gasteiger charge is -2.22. The molecule has 0 saturated carbocycles. The number of amides is 1. The third-order valence-corrected chi connectivity index (χ3v) is 5.93. The molecular formula is C23H23Cl2N3O2. The van der Waals surface area contributed by atoms with Crippen LogP contribution in [0.4, 0.5) is 5.69 Å². The molecule has 5 nitrogen and oxygen atoms in total. The summed E-state index contributed by atoms with van der Waals surface area (Å²) < 4.78 is 5.73. The molecule has 1 aromatic heterocycles. The smallest absolute Gasteiger partial charge is 0.241 e. The summed E-state index contributed by atoms with van der Waals surface area (Å²) in [5.41, 5.74) is 4.70. The van der Waals surface area contributed by atoms with Crippen LogP contribution in [0.15, 0.2) is 47.1 Å². The van der Waals surface area contributed by atoms with Crippen molar-refractivity contribution < 1.29 is 9.21 Å². The highest BCUT2D eigenvalue weighted by atomic mass is 35.5. The number of nitrogens with zero attached hydrogens (tertiary/aromatic N) is 2. The fourth-order valence-electron chi connectivity index (χ4n) is 3.88.